The molecule has 0 unspecified atom stereocenters. The van der Waals surface area contributed by atoms with Crippen LogP contribution >= 0.6 is 0 Å². The van der Waals surface area contributed by atoms with Crippen LogP contribution in [0.1, 0.15) is 11.1 Å². The van der Waals surface area contributed by atoms with Crippen molar-refractivity contribution in [3.8, 4) is 0 Å². The van der Waals surface area contributed by atoms with Gasteiger partial charge in [0, 0.05) is 24.4 Å². The second-order valence-electron chi connectivity index (χ2n) is 2.73. The number of carboxylic acid groups (broad SMARTS) is 1. The molecule has 12 heavy (non-hydrogen) atoms. The van der Waals surface area contributed by atoms with Crippen molar-refractivity contribution in [3.05, 3.63) is 35.2 Å². The molecule has 1 N–H and O–H groups in total. The fraction of sp³-hybridized carbons (Fsp3) is 0.111. The fourth-order valence-corrected chi connectivity index (χ4v) is 1.31. The van der Waals surface area contributed by atoms with Crippen LogP contribution in [0.5, 0.6) is 0 Å². The highest BCUT2D eigenvalue weighted by Crippen LogP contribution is 2.23. The summed E-state index contributed by atoms with van der Waals surface area (Å²) in [6.45, 7) is 0. The van der Waals surface area contributed by atoms with Crippen LogP contribution in [0.15, 0.2) is 24.0 Å². The largest absolute Gasteiger partial charge is 0.478 e. The second-order valence-corrected chi connectivity index (χ2v) is 2.73. The Bertz CT molecular complexity index is 369. The van der Waals surface area contributed by atoms with Crippen molar-refractivity contribution in [1.82, 2.24) is 4.98 Å². The molecule has 0 atom stereocenters. The summed E-state index contributed by atoms with van der Waals surface area (Å²) >= 11 is 0. The van der Waals surface area contributed by atoms with Crippen molar-refractivity contribution >= 4 is 12.0 Å². The lowest BCUT2D eigenvalue weighted by molar-refractivity contribution is -0.132. The van der Waals surface area contributed by atoms with E-state index in [1.807, 2.05) is 6.07 Å². The minimum absolute atomic E-state index is 0.443. The first-order chi connectivity index (χ1) is 5.77. The van der Waals surface area contributed by atoms with Gasteiger partial charge in [-0.2, -0.15) is 0 Å². The van der Waals surface area contributed by atoms with E-state index in [0.717, 1.165) is 11.1 Å². The highest BCUT2D eigenvalue weighted by atomic mass is 16.4. The van der Waals surface area contributed by atoms with Crippen LogP contribution < -0.4 is 0 Å². The molecule has 0 aliphatic heterocycles. The third-order valence-corrected chi connectivity index (χ3v) is 1.93. The number of fused-ring (bicyclic) bond motifs is 1. The van der Waals surface area contributed by atoms with Crippen LogP contribution in [0.3, 0.4) is 0 Å². The van der Waals surface area contributed by atoms with Crippen molar-refractivity contribution in [3.63, 3.8) is 0 Å². The van der Waals surface area contributed by atoms with Gasteiger partial charge < -0.3 is 5.11 Å². The number of pyridine rings is 1. The number of nitrogens with zero attached hydrogens (tertiary/aromatic N) is 1. The van der Waals surface area contributed by atoms with Gasteiger partial charge in [0.05, 0.1) is 0 Å². The summed E-state index contributed by atoms with van der Waals surface area (Å²) in [5, 5.41) is 8.70. The Labute approximate surface area is 69.4 Å². The van der Waals surface area contributed by atoms with Gasteiger partial charge in [-0.25, -0.2) is 4.79 Å². The predicted octanol–water partition coefficient (Wildman–Crippen LogP) is 1.11. The van der Waals surface area contributed by atoms with Gasteiger partial charge >= 0.3 is 5.97 Å². The summed E-state index contributed by atoms with van der Waals surface area (Å²) in [5.74, 6) is -0.841. The van der Waals surface area contributed by atoms with Gasteiger partial charge in [0.25, 0.3) is 0 Å². The van der Waals surface area contributed by atoms with Crippen LogP contribution in [-0.2, 0) is 11.2 Å². The zero-order valence-corrected chi connectivity index (χ0v) is 6.32. The summed E-state index contributed by atoms with van der Waals surface area (Å²) in [7, 11) is 0. The summed E-state index contributed by atoms with van der Waals surface area (Å²) in [6, 6.07) is 1.85. The zero-order chi connectivity index (χ0) is 8.55. The molecule has 0 spiro atoms. The van der Waals surface area contributed by atoms with Gasteiger partial charge in [-0.3, -0.25) is 4.98 Å². The lowest BCUT2D eigenvalue weighted by Crippen LogP contribution is -1.99. The van der Waals surface area contributed by atoms with Crippen molar-refractivity contribution in [2.45, 2.75) is 6.42 Å². The van der Waals surface area contributed by atoms with E-state index in [1.54, 1.807) is 18.5 Å². The molecule has 2 rings (SSSR count). The topological polar surface area (TPSA) is 50.2 Å². The Kier molecular flexibility index (Phi) is 1.43. The number of carboxylic acids is 1. The van der Waals surface area contributed by atoms with E-state index in [9.17, 15) is 4.79 Å². The number of aromatic nitrogens is 1. The van der Waals surface area contributed by atoms with Crippen molar-refractivity contribution in [1.29, 1.82) is 0 Å². The van der Waals surface area contributed by atoms with Crippen molar-refractivity contribution in [2.24, 2.45) is 0 Å². The van der Waals surface area contributed by atoms with Gasteiger partial charge in [0.1, 0.15) is 0 Å². The number of carbonyl (C=O) groups is 1. The monoisotopic (exact) mass is 161 g/mol. The molecule has 0 bridgehead atoms. The molecule has 3 heteroatoms. The van der Waals surface area contributed by atoms with Gasteiger partial charge in [-0.15, -0.1) is 0 Å². The van der Waals surface area contributed by atoms with E-state index in [0.29, 0.717) is 12.0 Å². The molecule has 0 radical (unpaired) electrons. The predicted molar refractivity (Wildman–Crippen MR) is 43.6 cm³/mol. The first-order valence-corrected chi connectivity index (χ1v) is 3.64. The highest BCUT2D eigenvalue weighted by molar-refractivity contribution is 5.95. The lowest BCUT2D eigenvalue weighted by atomic mass is 10.1. The van der Waals surface area contributed by atoms with Crippen LogP contribution in [0.2, 0.25) is 0 Å². The lowest BCUT2D eigenvalue weighted by Gasteiger charge is -1.94. The Morgan fingerprint density at radius 3 is 3.08 bits per heavy atom. The second kappa shape index (κ2) is 2.44. The number of hydrogen-bond donors (Lipinski definition) is 1. The van der Waals surface area contributed by atoms with E-state index in [-0.39, 0.29) is 0 Å². The molecule has 60 valence electrons. The summed E-state index contributed by atoms with van der Waals surface area (Å²) in [4.78, 5) is 14.5. The summed E-state index contributed by atoms with van der Waals surface area (Å²) in [6.07, 6.45) is 5.56. The Balaban J connectivity index is 2.41. The zero-order valence-electron chi connectivity index (χ0n) is 6.32. The highest BCUT2D eigenvalue weighted by Gasteiger charge is 2.16. The SMILES string of the molecule is O=C(O)C1=Cc2cnccc2C1. The van der Waals surface area contributed by atoms with E-state index < -0.39 is 5.97 Å². The molecule has 0 aromatic carbocycles. The van der Waals surface area contributed by atoms with E-state index in [2.05, 4.69) is 4.98 Å². The molecule has 0 amide bonds. The average molecular weight is 161 g/mol. The first-order valence-electron chi connectivity index (χ1n) is 3.64. The molecule has 1 aliphatic carbocycles. The fourth-order valence-electron chi connectivity index (χ4n) is 1.31. The number of rotatable bonds is 1. The maximum absolute atomic E-state index is 10.6. The van der Waals surface area contributed by atoms with Crippen LogP contribution in [0, 0.1) is 0 Å². The third kappa shape index (κ3) is 0.993. The minimum Gasteiger partial charge on any atom is -0.478 e. The number of aliphatic carboxylic acids is 1. The van der Waals surface area contributed by atoms with E-state index >= 15 is 0 Å². The van der Waals surface area contributed by atoms with Gasteiger partial charge in [-0.1, -0.05) is 0 Å². The summed E-state index contributed by atoms with van der Waals surface area (Å²) in [5.41, 5.74) is 2.41. The molecule has 0 fully saturated rings. The molecule has 0 saturated heterocycles. The molecule has 0 saturated carbocycles. The Morgan fingerprint density at radius 1 is 1.58 bits per heavy atom. The quantitative estimate of drug-likeness (QED) is 0.671. The Morgan fingerprint density at radius 2 is 2.42 bits per heavy atom. The molecule has 1 aromatic rings. The normalized spacial score (nSPS) is 13.8. The van der Waals surface area contributed by atoms with Crippen LogP contribution in [0.4, 0.5) is 0 Å². The minimum atomic E-state index is -0.841. The van der Waals surface area contributed by atoms with E-state index in [1.165, 1.54) is 0 Å². The summed E-state index contributed by atoms with van der Waals surface area (Å²) < 4.78 is 0. The molecule has 3 nitrogen and oxygen atoms in total. The van der Waals surface area contributed by atoms with Crippen LogP contribution in [0.25, 0.3) is 6.08 Å². The van der Waals surface area contributed by atoms with Crippen molar-refractivity contribution < 1.29 is 9.90 Å². The molecule has 1 heterocycles. The molecule has 1 aliphatic rings. The third-order valence-electron chi connectivity index (χ3n) is 1.93. The van der Waals surface area contributed by atoms with Gasteiger partial charge in [0.15, 0.2) is 0 Å². The standard InChI is InChI=1S/C9H7NO2/c11-9(12)7-3-6-1-2-10-5-8(6)4-7/h1-2,4-5H,3H2,(H,11,12). The van der Waals surface area contributed by atoms with Crippen molar-refractivity contribution in [2.75, 3.05) is 0 Å². The van der Waals surface area contributed by atoms with E-state index in [4.69, 9.17) is 5.11 Å². The maximum atomic E-state index is 10.6. The molecular formula is C9H7NO2. The molecular weight excluding hydrogens is 154 g/mol. The molecule has 1 aromatic heterocycles. The first kappa shape index (κ1) is 7.03. The Hall–Kier alpha value is -1.64. The smallest absolute Gasteiger partial charge is 0.331 e. The van der Waals surface area contributed by atoms with Gasteiger partial charge in [0.2, 0.25) is 0 Å². The number of hydrogen-bond acceptors (Lipinski definition) is 2. The van der Waals surface area contributed by atoms with Gasteiger partial charge in [-0.05, 0) is 23.3 Å². The average Bonchev–Trinajstić information content (AvgIpc) is 2.46. The maximum Gasteiger partial charge on any atom is 0.331 e. The van der Waals surface area contributed by atoms with Crippen LogP contribution in [-0.4, -0.2) is 16.1 Å².